The first-order valence-corrected chi connectivity index (χ1v) is 12.8. The van der Waals surface area contributed by atoms with Crippen LogP contribution >= 0.6 is 7.82 Å². The number of hydrogen-bond acceptors (Lipinski definition) is 6. The number of hydrogen-bond donors (Lipinski definition) is 2. The molecule has 32 heavy (non-hydrogen) atoms. The van der Waals surface area contributed by atoms with Gasteiger partial charge in [-0.1, -0.05) is 62.6 Å². The van der Waals surface area contributed by atoms with Crippen LogP contribution in [0.1, 0.15) is 78.1 Å². The van der Waals surface area contributed by atoms with Crippen molar-refractivity contribution in [3.8, 4) is 0 Å². The van der Waals surface area contributed by atoms with Gasteiger partial charge in [-0.25, -0.2) is 4.57 Å². The lowest BCUT2D eigenvalue weighted by atomic mass is 10.1. The van der Waals surface area contributed by atoms with Crippen LogP contribution in [-0.2, 0) is 28.2 Å². The molecule has 9 heteroatoms. The second kappa shape index (κ2) is 19.9. The van der Waals surface area contributed by atoms with Gasteiger partial charge in [0.15, 0.2) is 6.10 Å². The molecule has 0 aliphatic heterocycles. The molecular weight excluding hydrogens is 435 g/mol. The van der Waals surface area contributed by atoms with Crippen molar-refractivity contribution in [3.63, 3.8) is 0 Å². The summed E-state index contributed by atoms with van der Waals surface area (Å²) in [6.45, 7) is 2.44. The number of phosphoric acid groups is 1. The molecule has 1 unspecified atom stereocenters. The molecule has 0 heterocycles. The lowest BCUT2D eigenvalue weighted by Crippen LogP contribution is -2.29. The van der Waals surface area contributed by atoms with Gasteiger partial charge in [0.05, 0.1) is 6.61 Å². The highest BCUT2D eigenvalue weighted by Gasteiger charge is 2.22. The van der Waals surface area contributed by atoms with Crippen LogP contribution in [0.15, 0.2) is 36.5 Å². The summed E-state index contributed by atoms with van der Waals surface area (Å²) in [6, 6.07) is 0. The molecule has 0 saturated carbocycles. The SMILES string of the molecule is CC/C=C\C/C=C\C/C=C\CCCCCCCC(=O)OC(COC(C)=O)COP(=O)(O)O. The van der Waals surface area contributed by atoms with Gasteiger partial charge in [-0.2, -0.15) is 0 Å². The molecule has 1 atom stereocenters. The molecule has 0 aliphatic carbocycles. The topological polar surface area (TPSA) is 119 Å². The number of unbranched alkanes of at least 4 members (excludes halogenated alkanes) is 5. The van der Waals surface area contributed by atoms with Crippen LogP contribution in [0.25, 0.3) is 0 Å². The van der Waals surface area contributed by atoms with E-state index in [4.69, 9.17) is 19.3 Å². The Morgan fingerprint density at radius 2 is 1.47 bits per heavy atom. The molecule has 0 rings (SSSR count). The number of esters is 2. The standard InChI is InChI=1S/C23H39O8P/c1-3-4-5-6-7-8-9-10-11-12-13-14-15-16-17-18-23(25)31-22(19-29-21(2)24)20-30-32(26,27)28/h4-5,7-8,10-11,22H,3,6,9,12-20H2,1-2H3,(H2,26,27,28)/b5-4-,8-7-,11-10-. The van der Waals surface area contributed by atoms with E-state index in [9.17, 15) is 14.2 Å². The monoisotopic (exact) mass is 474 g/mol. The minimum Gasteiger partial charge on any atom is -0.462 e. The van der Waals surface area contributed by atoms with Crippen molar-refractivity contribution in [2.24, 2.45) is 0 Å². The van der Waals surface area contributed by atoms with Crippen molar-refractivity contribution < 1.29 is 37.9 Å². The number of allylic oxidation sites excluding steroid dienone is 6. The first-order chi connectivity index (χ1) is 15.2. The van der Waals surface area contributed by atoms with Crippen molar-refractivity contribution in [1.82, 2.24) is 0 Å². The van der Waals surface area contributed by atoms with Gasteiger partial charge in [0.1, 0.15) is 6.61 Å². The van der Waals surface area contributed by atoms with Gasteiger partial charge in [-0.15, -0.1) is 0 Å². The Kier molecular flexibility index (Phi) is 18.8. The van der Waals surface area contributed by atoms with Gasteiger partial charge < -0.3 is 19.3 Å². The van der Waals surface area contributed by atoms with Crippen molar-refractivity contribution in [2.75, 3.05) is 13.2 Å². The van der Waals surface area contributed by atoms with E-state index in [1.165, 1.54) is 6.92 Å². The van der Waals surface area contributed by atoms with E-state index < -0.39 is 32.5 Å². The molecular formula is C23H39O8P. The zero-order valence-corrected chi connectivity index (χ0v) is 20.2. The average Bonchev–Trinajstić information content (AvgIpc) is 2.72. The maximum atomic E-state index is 11.9. The number of rotatable bonds is 19. The summed E-state index contributed by atoms with van der Waals surface area (Å²) in [5, 5.41) is 0. The average molecular weight is 475 g/mol. The fourth-order valence-electron chi connectivity index (χ4n) is 2.64. The van der Waals surface area contributed by atoms with Gasteiger partial charge in [0, 0.05) is 13.3 Å². The fourth-order valence-corrected chi connectivity index (χ4v) is 3.00. The van der Waals surface area contributed by atoms with Gasteiger partial charge in [-0.3, -0.25) is 14.1 Å². The first kappa shape index (κ1) is 30.3. The van der Waals surface area contributed by atoms with E-state index in [1.807, 2.05) is 0 Å². The summed E-state index contributed by atoms with van der Waals surface area (Å²) in [4.78, 5) is 40.3. The molecule has 0 aromatic rings. The van der Waals surface area contributed by atoms with Crippen LogP contribution in [0.2, 0.25) is 0 Å². The number of carbonyl (C=O) groups excluding carboxylic acids is 2. The van der Waals surface area contributed by atoms with Crippen LogP contribution in [0.3, 0.4) is 0 Å². The van der Waals surface area contributed by atoms with Crippen LogP contribution in [-0.4, -0.2) is 41.0 Å². The number of phosphoric ester groups is 1. The minimum atomic E-state index is -4.71. The summed E-state index contributed by atoms with van der Waals surface area (Å²) in [6.07, 6.45) is 21.0. The Bertz CT molecular complexity index is 636. The largest absolute Gasteiger partial charge is 0.469 e. The molecule has 2 N–H and O–H groups in total. The van der Waals surface area contributed by atoms with Crippen LogP contribution in [0.4, 0.5) is 0 Å². The zero-order valence-electron chi connectivity index (χ0n) is 19.3. The Morgan fingerprint density at radius 3 is 2.09 bits per heavy atom. The molecule has 0 aromatic heterocycles. The fraction of sp³-hybridized carbons (Fsp3) is 0.652. The lowest BCUT2D eigenvalue weighted by Gasteiger charge is -2.18. The van der Waals surface area contributed by atoms with Gasteiger partial charge in [-0.05, 0) is 38.5 Å². The second-order valence-electron chi connectivity index (χ2n) is 7.30. The van der Waals surface area contributed by atoms with Gasteiger partial charge >= 0.3 is 19.8 Å². The Morgan fingerprint density at radius 1 is 0.875 bits per heavy atom. The first-order valence-electron chi connectivity index (χ1n) is 11.2. The summed E-state index contributed by atoms with van der Waals surface area (Å²) in [5.74, 6) is -1.11. The quantitative estimate of drug-likeness (QED) is 0.114. The predicted molar refractivity (Wildman–Crippen MR) is 124 cm³/mol. The Labute approximate surface area is 192 Å². The third-order valence-corrected chi connectivity index (χ3v) is 4.72. The Balaban J connectivity index is 3.84. The van der Waals surface area contributed by atoms with Crippen LogP contribution in [0, 0.1) is 0 Å². The van der Waals surface area contributed by atoms with E-state index in [-0.39, 0.29) is 13.0 Å². The molecule has 0 spiro atoms. The molecule has 0 amide bonds. The molecule has 8 nitrogen and oxygen atoms in total. The molecule has 0 aliphatic rings. The van der Waals surface area contributed by atoms with E-state index in [0.29, 0.717) is 6.42 Å². The van der Waals surface area contributed by atoms with Crippen LogP contribution in [0.5, 0.6) is 0 Å². The molecule has 0 fully saturated rings. The number of ether oxygens (including phenoxy) is 2. The van der Waals surface area contributed by atoms with E-state index >= 15 is 0 Å². The van der Waals surface area contributed by atoms with E-state index in [0.717, 1.165) is 51.4 Å². The molecule has 0 aromatic carbocycles. The highest BCUT2D eigenvalue weighted by atomic mass is 31.2. The van der Waals surface area contributed by atoms with Crippen molar-refractivity contribution >= 4 is 19.8 Å². The van der Waals surface area contributed by atoms with Crippen molar-refractivity contribution in [3.05, 3.63) is 36.5 Å². The smallest absolute Gasteiger partial charge is 0.462 e. The summed E-state index contributed by atoms with van der Waals surface area (Å²) >= 11 is 0. The highest BCUT2D eigenvalue weighted by molar-refractivity contribution is 7.46. The lowest BCUT2D eigenvalue weighted by molar-refractivity contribution is -0.160. The van der Waals surface area contributed by atoms with Crippen LogP contribution < -0.4 is 0 Å². The third-order valence-electron chi connectivity index (χ3n) is 4.23. The van der Waals surface area contributed by atoms with Gasteiger partial charge in [0.25, 0.3) is 0 Å². The summed E-state index contributed by atoms with van der Waals surface area (Å²) in [7, 11) is -4.71. The van der Waals surface area contributed by atoms with Crippen molar-refractivity contribution in [1.29, 1.82) is 0 Å². The van der Waals surface area contributed by atoms with Crippen molar-refractivity contribution in [2.45, 2.75) is 84.2 Å². The second-order valence-corrected chi connectivity index (χ2v) is 8.54. The van der Waals surface area contributed by atoms with E-state index in [1.54, 1.807) is 0 Å². The zero-order chi connectivity index (χ0) is 24.1. The molecule has 184 valence electrons. The maximum Gasteiger partial charge on any atom is 0.469 e. The predicted octanol–water partition coefficient (Wildman–Crippen LogP) is 5.16. The Hall–Kier alpha value is -1.73. The highest BCUT2D eigenvalue weighted by Crippen LogP contribution is 2.35. The third kappa shape index (κ3) is 22.9. The number of carbonyl (C=O) groups is 2. The summed E-state index contributed by atoms with van der Waals surface area (Å²) in [5.41, 5.74) is 0. The molecule has 0 saturated heterocycles. The maximum absolute atomic E-state index is 11.9. The normalized spacial score (nSPS) is 13.2. The minimum absolute atomic E-state index is 0.187. The van der Waals surface area contributed by atoms with E-state index in [2.05, 4.69) is 47.9 Å². The molecule has 0 radical (unpaired) electrons. The van der Waals surface area contributed by atoms with Gasteiger partial charge in [0.2, 0.25) is 0 Å². The summed E-state index contributed by atoms with van der Waals surface area (Å²) < 4.78 is 25.0. The molecule has 0 bridgehead atoms.